The summed E-state index contributed by atoms with van der Waals surface area (Å²) >= 11 is 0. The van der Waals surface area contributed by atoms with Crippen molar-refractivity contribution in [2.75, 3.05) is 11.5 Å². The van der Waals surface area contributed by atoms with E-state index in [2.05, 4.69) is 5.32 Å². The van der Waals surface area contributed by atoms with E-state index in [1.807, 2.05) is 0 Å². The molecule has 1 N–H and O–H groups in total. The average Bonchev–Trinajstić information content (AvgIpc) is 2.41. The van der Waals surface area contributed by atoms with Gasteiger partial charge in [-0.15, -0.1) is 0 Å². The molecule has 114 valence electrons. The van der Waals surface area contributed by atoms with Gasteiger partial charge >= 0.3 is 0 Å². The van der Waals surface area contributed by atoms with Crippen molar-refractivity contribution in [2.24, 2.45) is 0 Å². The average molecular weight is 311 g/mol. The molecule has 1 fully saturated rings. The van der Waals surface area contributed by atoms with Crippen molar-refractivity contribution in [3.63, 3.8) is 0 Å². The van der Waals surface area contributed by atoms with Gasteiger partial charge in [0.1, 0.15) is 15.7 Å². The Hall–Kier alpha value is -1.69. The Bertz CT molecular complexity index is 653. The first-order chi connectivity index (χ1) is 9.87. The van der Waals surface area contributed by atoms with E-state index in [0.29, 0.717) is 24.0 Å². The number of hydrogen-bond donors (Lipinski definition) is 1. The third kappa shape index (κ3) is 4.39. The second-order valence-corrected chi connectivity index (χ2v) is 7.55. The van der Waals surface area contributed by atoms with Gasteiger partial charge in [0.15, 0.2) is 0 Å². The van der Waals surface area contributed by atoms with Crippen molar-refractivity contribution in [3.8, 4) is 0 Å². The van der Waals surface area contributed by atoms with E-state index in [1.165, 1.54) is 12.1 Å². The van der Waals surface area contributed by atoms with Crippen LogP contribution in [-0.2, 0) is 14.6 Å². The third-order valence-electron chi connectivity index (χ3n) is 3.55. The largest absolute Gasteiger partial charge is 0.350 e. The van der Waals surface area contributed by atoms with E-state index in [9.17, 15) is 17.6 Å². The number of halogens is 1. The first-order valence-corrected chi connectivity index (χ1v) is 8.64. The fourth-order valence-electron chi connectivity index (χ4n) is 2.33. The quantitative estimate of drug-likeness (QED) is 0.868. The molecule has 0 bridgehead atoms. The van der Waals surface area contributed by atoms with Crippen LogP contribution in [0.5, 0.6) is 0 Å². The Labute approximate surface area is 124 Å². The summed E-state index contributed by atoms with van der Waals surface area (Å²) in [4.78, 5) is 11.9. The summed E-state index contributed by atoms with van der Waals surface area (Å²) in [6.07, 6.45) is 2.21. The topological polar surface area (TPSA) is 63.2 Å². The van der Waals surface area contributed by atoms with Crippen LogP contribution in [0.2, 0.25) is 0 Å². The molecule has 0 atom stereocenters. The van der Waals surface area contributed by atoms with Gasteiger partial charge in [-0.2, -0.15) is 0 Å². The SMILES string of the molecule is C/C(=C\C(=O)NC1CCS(=O)(=O)CC1)c1ccccc1F. The second-order valence-electron chi connectivity index (χ2n) is 5.24. The van der Waals surface area contributed by atoms with Crippen LogP contribution in [0.3, 0.4) is 0 Å². The Morgan fingerprint density at radius 3 is 2.52 bits per heavy atom. The van der Waals surface area contributed by atoms with Crippen molar-refractivity contribution in [2.45, 2.75) is 25.8 Å². The van der Waals surface area contributed by atoms with Crippen LogP contribution in [0, 0.1) is 5.82 Å². The first-order valence-electron chi connectivity index (χ1n) is 6.81. The highest BCUT2D eigenvalue weighted by Crippen LogP contribution is 2.17. The molecular formula is C15H18FNO3S. The van der Waals surface area contributed by atoms with Crippen LogP contribution in [0.25, 0.3) is 5.57 Å². The molecular weight excluding hydrogens is 293 g/mol. The molecule has 1 aromatic carbocycles. The van der Waals surface area contributed by atoms with Crippen LogP contribution in [0.4, 0.5) is 4.39 Å². The van der Waals surface area contributed by atoms with Crippen molar-refractivity contribution in [1.82, 2.24) is 5.32 Å². The normalized spacial score (nSPS) is 19.2. The molecule has 0 radical (unpaired) electrons. The predicted octanol–water partition coefficient (Wildman–Crippen LogP) is 1.92. The zero-order valence-corrected chi connectivity index (χ0v) is 12.6. The number of carbonyl (C=O) groups is 1. The standard InChI is InChI=1S/C15H18FNO3S/c1-11(13-4-2-3-5-14(13)16)10-15(18)17-12-6-8-21(19,20)9-7-12/h2-5,10,12H,6-9H2,1H3,(H,17,18)/b11-10+. The van der Waals surface area contributed by atoms with Crippen molar-refractivity contribution >= 4 is 21.3 Å². The summed E-state index contributed by atoms with van der Waals surface area (Å²) in [5.74, 6) is -0.482. The highest BCUT2D eigenvalue weighted by atomic mass is 32.2. The molecule has 0 aliphatic carbocycles. The van der Waals surface area contributed by atoms with Crippen LogP contribution in [0.1, 0.15) is 25.3 Å². The summed E-state index contributed by atoms with van der Waals surface area (Å²) < 4.78 is 36.2. The highest BCUT2D eigenvalue weighted by Gasteiger charge is 2.24. The van der Waals surface area contributed by atoms with Crippen LogP contribution < -0.4 is 5.32 Å². The Balaban J connectivity index is 1.98. The Morgan fingerprint density at radius 1 is 1.29 bits per heavy atom. The molecule has 0 aromatic heterocycles. The molecule has 1 aromatic rings. The minimum Gasteiger partial charge on any atom is -0.350 e. The second kappa shape index (κ2) is 6.39. The maximum atomic E-state index is 13.6. The minimum absolute atomic E-state index is 0.105. The molecule has 1 aliphatic heterocycles. The van der Waals surface area contributed by atoms with Gasteiger partial charge in [-0.05, 0) is 31.4 Å². The lowest BCUT2D eigenvalue weighted by Crippen LogP contribution is -2.40. The van der Waals surface area contributed by atoms with Crippen LogP contribution >= 0.6 is 0 Å². The van der Waals surface area contributed by atoms with Gasteiger partial charge in [-0.3, -0.25) is 4.79 Å². The summed E-state index contributed by atoms with van der Waals surface area (Å²) in [5, 5.41) is 2.77. The molecule has 4 nitrogen and oxygen atoms in total. The van der Waals surface area contributed by atoms with Gasteiger partial charge in [0.05, 0.1) is 11.5 Å². The van der Waals surface area contributed by atoms with Gasteiger partial charge in [-0.25, -0.2) is 12.8 Å². The molecule has 1 heterocycles. The Kier molecular flexibility index (Phi) is 4.77. The summed E-state index contributed by atoms with van der Waals surface area (Å²) in [6, 6.07) is 6.12. The minimum atomic E-state index is -2.94. The molecule has 0 spiro atoms. The zero-order valence-electron chi connectivity index (χ0n) is 11.8. The number of rotatable bonds is 3. The van der Waals surface area contributed by atoms with Gasteiger partial charge in [0.2, 0.25) is 5.91 Å². The van der Waals surface area contributed by atoms with Gasteiger partial charge < -0.3 is 5.32 Å². The lowest BCUT2D eigenvalue weighted by atomic mass is 10.1. The van der Waals surface area contributed by atoms with Crippen molar-refractivity contribution in [3.05, 3.63) is 41.7 Å². The number of nitrogens with one attached hydrogen (secondary N) is 1. The number of hydrogen-bond acceptors (Lipinski definition) is 3. The Morgan fingerprint density at radius 2 is 1.90 bits per heavy atom. The molecule has 2 rings (SSSR count). The smallest absolute Gasteiger partial charge is 0.244 e. The molecule has 1 saturated heterocycles. The maximum absolute atomic E-state index is 13.6. The van der Waals surface area contributed by atoms with E-state index in [0.717, 1.165) is 0 Å². The monoisotopic (exact) mass is 311 g/mol. The van der Waals surface area contributed by atoms with E-state index >= 15 is 0 Å². The molecule has 0 unspecified atom stereocenters. The number of sulfone groups is 1. The number of carbonyl (C=O) groups excluding carboxylic acids is 1. The van der Waals surface area contributed by atoms with Crippen LogP contribution in [0.15, 0.2) is 30.3 Å². The third-order valence-corrected chi connectivity index (χ3v) is 5.26. The van der Waals surface area contributed by atoms with E-state index < -0.39 is 9.84 Å². The molecule has 0 saturated carbocycles. The van der Waals surface area contributed by atoms with Gasteiger partial charge in [0.25, 0.3) is 0 Å². The summed E-state index contributed by atoms with van der Waals surface area (Å²) in [6.45, 7) is 1.67. The van der Waals surface area contributed by atoms with E-state index in [-0.39, 0.29) is 29.3 Å². The fourth-order valence-corrected chi connectivity index (χ4v) is 3.82. The van der Waals surface area contributed by atoms with E-state index in [1.54, 1.807) is 25.1 Å². The van der Waals surface area contributed by atoms with Gasteiger partial charge in [-0.1, -0.05) is 18.2 Å². The van der Waals surface area contributed by atoms with Crippen molar-refractivity contribution in [1.29, 1.82) is 0 Å². The first kappa shape index (κ1) is 15.7. The zero-order chi connectivity index (χ0) is 15.5. The van der Waals surface area contributed by atoms with Crippen molar-refractivity contribution < 1.29 is 17.6 Å². The summed E-state index contributed by atoms with van der Waals surface area (Å²) in [5.41, 5.74) is 0.924. The predicted molar refractivity (Wildman–Crippen MR) is 79.9 cm³/mol. The van der Waals surface area contributed by atoms with E-state index in [4.69, 9.17) is 0 Å². The molecule has 21 heavy (non-hydrogen) atoms. The summed E-state index contributed by atoms with van der Waals surface area (Å²) in [7, 11) is -2.94. The number of amides is 1. The molecule has 1 amide bonds. The number of allylic oxidation sites excluding steroid dienone is 1. The lowest BCUT2D eigenvalue weighted by Gasteiger charge is -2.22. The molecule has 6 heteroatoms. The van der Waals surface area contributed by atoms with Gasteiger partial charge in [0, 0.05) is 17.7 Å². The number of benzene rings is 1. The maximum Gasteiger partial charge on any atom is 0.244 e. The highest BCUT2D eigenvalue weighted by molar-refractivity contribution is 7.91. The lowest BCUT2D eigenvalue weighted by molar-refractivity contribution is -0.117. The molecule has 1 aliphatic rings. The van der Waals surface area contributed by atoms with Crippen LogP contribution in [-0.4, -0.2) is 31.9 Å². The fraction of sp³-hybridized carbons (Fsp3) is 0.400.